The van der Waals surface area contributed by atoms with Crippen LogP contribution in [0.2, 0.25) is 0 Å². The summed E-state index contributed by atoms with van der Waals surface area (Å²) in [6.07, 6.45) is 3.62. The van der Waals surface area contributed by atoms with E-state index in [1.165, 1.54) is 4.40 Å². The molecule has 2 amide bonds. The zero-order chi connectivity index (χ0) is 18.1. The Labute approximate surface area is 148 Å². The van der Waals surface area contributed by atoms with Gasteiger partial charge in [0.25, 0.3) is 5.91 Å². The maximum Gasteiger partial charge on any atom is 0.350 e. The quantitative estimate of drug-likeness (QED) is 0.717. The van der Waals surface area contributed by atoms with Gasteiger partial charge in [0.15, 0.2) is 5.65 Å². The molecule has 1 aliphatic rings. The van der Waals surface area contributed by atoms with Crippen molar-refractivity contribution in [1.82, 2.24) is 19.5 Å². The average Bonchev–Trinajstić information content (AvgIpc) is 3.39. The molecule has 1 fully saturated rings. The van der Waals surface area contributed by atoms with E-state index in [4.69, 9.17) is 0 Å². The number of anilines is 1. The molecule has 0 radical (unpaired) electrons. The van der Waals surface area contributed by atoms with Crippen LogP contribution in [0.3, 0.4) is 0 Å². The minimum atomic E-state index is -0.393. The van der Waals surface area contributed by atoms with Crippen molar-refractivity contribution in [2.75, 3.05) is 5.32 Å². The molecule has 0 atom stereocenters. The van der Waals surface area contributed by atoms with E-state index in [1.54, 1.807) is 48.7 Å². The van der Waals surface area contributed by atoms with E-state index in [-0.39, 0.29) is 24.2 Å². The molecule has 4 rings (SSSR count). The van der Waals surface area contributed by atoms with Crippen molar-refractivity contribution < 1.29 is 9.59 Å². The van der Waals surface area contributed by atoms with Crippen molar-refractivity contribution in [1.29, 1.82) is 0 Å². The average molecular weight is 351 g/mol. The van der Waals surface area contributed by atoms with Gasteiger partial charge in [0.1, 0.15) is 6.54 Å². The summed E-state index contributed by atoms with van der Waals surface area (Å²) in [5.41, 5.74) is 1.08. The van der Waals surface area contributed by atoms with Crippen LogP contribution < -0.4 is 16.3 Å². The number of hydrogen-bond acceptors (Lipinski definition) is 4. The fraction of sp³-hybridized carbons (Fsp3) is 0.222. The first-order valence-corrected chi connectivity index (χ1v) is 8.35. The van der Waals surface area contributed by atoms with Crippen molar-refractivity contribution in [3.63, 3.8) is 0 Å². The topological polar surface area (TPSA) is 97.5 Å². The van der Waals surface area contributed by atoms with Crippen molar-refractivity contribution >= 4 is 23.1 Å². The molecule has 2 aromatic heterocycles. The Bertz CT molecular complexity index is 1050. The van der Waals surface area contributed by atoms with E-state index in [0.29, 0.717) is 16.9 Å². The number of hydrogen-bond donors (Lipinski definition) is 2. The Kier molecular flexibility index (Phi) is 4.00. The molecule has 1 saturated carbocycles. The lowest BCUT2D eigenvalue weighted by atomic mass is 10.2. The van der Waals surface area contributed by atoms with Gasteiger partial charge in [0, 0.05) is 23.5 Å². The molecule has 0 spiro atoms. The van der Waals surface area contributed by atoms with Crippen molar-refractivity contribution in [2.24, 2.45) is 0 Å². The minimum Gasteiger partial charge on any atom is -0.349 e. The maximum atomic E-state index is 12.3. The first-order valence-electron chi connectivity index (χ1n) is 8.35. The first-order chi connectivity index (χ1) is 12.6. The lowest BCUT2D eigenvalue weighted by Crippen LogP contribution is -2.28. The van der Waals surface area contributed by atoms with Gasteiger partial charge >= 0.3 is 5.69 Å². The fourth-order valence-corrected chi connectivity index (χ4v) is 2.64. The summed E-state index contributed by atoms with van der Waals surface area (Å²) < 4.78 is 2.48. The van der Waals surface area contributed by atoms with Crippen LogP contribution in [0.1, 0.15) is 23.2 Å². The molecular weight excluding hydrogens is 334 g/mol. The summed E-state index contributed by atoms with van der Waals surface area (Å²) >= 11 is 0. The first kappa shape index (κ1) is 16.1. The van der Waals surface area contributed by atoms with Crippen molar-refractivity contribution in [3.05, 3.63) is 64.7 Å². The van der Waals surface area contributed by atoms with Crippen LogP contribution in [-0.2, 0) is 11.3 Å². The van der Waals surface area contributed by atoms with Crippen LogP contribution in [0.15, 0.2) is 53.5 Å². The number of rotatable bonds is 5. The van der Waals surface area contributed by atoms with Crippen LogP contribution in [0.5, 0.6) is 0 Å². The third-order valence-electron chi connectivity index (χ3n) is 4.10. The Hall–Kier alpha value is -3.42. The Balaban J connectivity index is 1.46. The molecule has 0 unspecified atom stereocenters. The molecule has 1 aliphatic carbocycles. The van der Waals surface area contributed by atoms with Gasteiger partial charge in [-0.2, -0.15) is 0 Å². The molecule has 2 N–H and O–H groups in total. The van der Waals surface area contributed by atoms with E-state index in [0.717, 1.165) is 17.5 Å². The number of pyridine rings is 1. The molecule has 0 bridgehead atoms. The standard InChI is InChI=1S/C18H17N5O3/c24-16(11-23-18(26)22-9-2-1-6-15(22)21-23)19-14-5-3-4-12(10-14)17(25)20-13-7-8-13/h1-6,9-10,13H,7-8,11H2,(H,19,24)(H,20,25). The van der Waals surface area contributed by atoms with Gasteiger partial charge in [-0.15, -0.1) is 5.10 Å². The Morgan fingerprint density at radius 2 is 2.00 bits per heavy atom. The molecular formula is C18H17N5O3. The van der Waals surface area contributed by atoms with Crippen LogP contribution in [0, 0.1) is 0 Å². The van der Waals surface area contributed by atoms with Crippen LogP contribution in [0.25, 0.3) is 5.65 Å². The van der Waals surface area contributed by atoms with Crippen molar-refractivity contribution in [2.45, 2.75) is 25.4 Å². The highest BCUT2D eigenvalue weighted by molar-refractivity contribution is 5.97. The molecule has 2 heterocycles. The monoisotopic (exact) mass is 351 g/mol. The molecule has 0 aliphatic heterocycles. The fourth-order valence-electron chi connectivity index (χ4n) is 2.64. The highest BCUT2D eigenvalue weighted by Gasteiger charge is 2.23. The lowest BCUT2D eigenvalue weighted by Gasteiger charge is -2.07. The number of carbonyl (C=O) groups excluding carboxylic acids is 2. The summed E-state index contributed by atoms with van der Waals surface area (Å²) in [5.74, 6) is -0.546. The number of nitrogens with zero attached hydrogens (tertiary/aromatic N) is 3. The van der Waals surface area contributed by atoms with E-state index >= 15 is 0 Å². The second-order valence-electron chi connectivity index (χ2n) is 6.25. The molecule has 8 nitrogen and oxygen atoms in total. The van der Waals surface area contributed by atoms with Gasteiger partial charge in [-0.25, -0.2) is 9.48 Å². The lowest BCUT2D eigenvalue weighted by molar-refractivity contribution is -0.117. The zero-order valence-corrected chi connectivity index (χ0v) is 13.9. The molecule has 3 aromatic rings. The van der Waals surface area contributed by atoms with Gasteiger partial charge in [0.05, 0.1) is 0 Å². The van der Waals surface area contributed by atoms with Crippen LogP contribution >= 0.6 is 0 Å². The predicted molar refractivity (Wildman–Crippen MR) is 95.0 cm³/mol. The number of benzene rings is 1. The number of amides is 2. The molecule has 8 heteroatoms. The highest BCUT2D eigenvalue weighted by atomic mass is 16.2. The van der Waals surface area contributed by atoms with Gasteiger partial charge in [-0.1, -0.05) is 12.1 Å². The van der Waals surface area contributed by atoms with E-state index in [1.807, 2.05) is 0 Å². The van der Waals surface area contributed by atoms with Gasteiger partial charge in [-0.05, 0) is 43.2 Å². The number of aromatic nitrogens is 3. The third-order valence-corrected chi connectivity index (χ3v) is 4.10. The summed E-state index contributed by atoms with van der Waals surface area (Å²) in [6.45, 7) is -0.209. The van der Waals surface area contributed by atoms with Crippen molar-refractivity contribution in [3.8, 4) is 0 Å². The van der Waals surface area contributed by atoms with Crippen LogP contribution in [0.4, 0.5) is 5.69 Å². The van der Waals surface area contributed by atoms with E-state index in [2.05, 4.69) is 15.7 Å². The molecule has 26 heavy (non-hydrogen) atoms. The summed E-state index contributed by atoms with van der Waals surface area (Å²) in [6, 6.07) is 12.2. The largest absolute Gasteiger partial charge is 0.350 e. The zero-order valence-electron chi connectivity index (χ0n) is 13.9. The summed E-state index contributed by atoms with van der Waals surface area (Å²) in [4.78, 5) is 36.5. The summed E-state index contributed by atoms with van der Waals surface area (Å²) in [7, 11) is 0. The van der Waals surface area contributed by atoms with E-state index in [9.17, 15) is 14.4 Å². The van der Waals surface area contributed by atoms with Crippen LogP contribution in [-0.4, -0.2) is 32.0 Å². The van der Waals surface area contributed by atoms with Gasteiger partial charge < -0.3 is 10.6 Å². The molecule has 1 aromatic carbocycles. The predicted octanol–water partition coefficient (Wildman–Crippen LogP) is 1.03. The number of carbonyl (C=O) groups is 2. The maximum absolute atomic E-state index is 12.3. The third kappa shape index (κ3) is 3.34. The second-order valence-corrected chi connectivity index (χ2v) is 6.25. The number of nitrogens with one attached hydrogen (secondary N) is 2. The van der Waals surface area contributed by atoms with E-state index < -0.39 is 5.91 Å². The molecule has 0 saturated heterocycles. The normalized spacial score (nSPS) is 13.5. The van der Waals surface area contributed by atoms with Gasteiger partial charge in [-0.3, -0.25) is 14.0 Å². The second kappa shape index (κ2) is 6.47. The van der Waals surface area contributed by atoms with Gasteiger partial charge in [0.2, 0.25) is 5.91 Å². The summed E-state index contributed by atoms with van der Waals surface area (Å²) in [5, 5.41) is 9.72. The number of fused-ring (bicyclic) bond motifs is 1. The Morgan fingerprint density at radius 1 is 1.15 bits per heavy atom. The highest BCUT2D eigenvalue weighted by Crippen LogP contribution is 2.20. The smallest absolute Gasteiger partial charge is 0.349 e. The SMILES string of the molecule is O=C(Cn1nc2ccccn2c1=O)Nc1cccc(C(=O)NC2CC2)c1. The minimum absolute atomic E-state index is 0.153. The Morgan fingerprint density at radius 3 is 2.77 bits per heavy atom. The molecule has 132 valence electrons.